The first-order valence-electron chi connectivity index (χ1n) is 5.93. The van der Waals surface area contributed by atoms with Crippen molar-refractivity contribution in [2.24, 2.45) is 0 Å². The largest absolute Gasteiger partial charge is 0.497 e. The number of nitriles is 1. The van der Waals surface area contributed by atoms with E-state index in [0.717, 1.165) is 22.6 Å². The summed E-state index contributed by atoms with van der Waals surface area (Å²) in [4.78, 5) is 4.22. The SMILES string of the molecule is COc1ccc(Nc2nccc(C)c2C#N)c(C)c1. The molecule has 0 bridgehead atoms. The van der Waals surface area contributed by atoms with Crippen LogP contribution in [0.15, 0.2) is 30.5 Å². The highest BCUT2D eigenvalue weighted by Gasteiger charge is 2.08. The Morgan fingerprint density at radius 3 is 2.63 bits per heavy atom. The van der Waals surface area contributed by atoms with Crippen molar-refractivity contribution in [3.05, 3.63) is 47.2 Å². The number of anilines is 2. The fraction of sp³-hybridized carbons (Fsp3) is 0.200. The molecule has 19 heavy (non-hydrogen) atoms. The summed E-state index contributed by atoms with van der Waals surface area (Å²) < 4.78 is 5.17. The predicted octanol–water partition coefficient (Wildman–Crippen LogP) is 3.32. The van der Waals surface area contributed by atoms with E-state index < -0.39 is 0 Å². The van der Waals surface area contributed by atoms with Crippen LogP contribution in [-0.2, 0) is 0 Å². The van der Waals surface area contributed by atoms with Crippen LogP contribution < -0.4 is 10.1 Å². The number of aryl methyl sites for hydroxylation is 2. The highest BCUT2D eigenvalue weighted by molar-refractivity contribution is 5.67. The van der Waals surface area contributed by atoms with Gasteiger partial charge in [-0.1, -0.05) is 0 Å². The van der Waals surface area contributed by atoms with E-state index in [9.17, 15) is 5.26 Å². The summed E-state index contributed by atoms with van der Waals surface area (Å²) in [5, 5.41) is 12.4. The van der Waals surface area contributed by atoms with Gasteiger partial charge < -0.3 is 10.1 Å². The number of benzene rings is 1. The molecule has 4 nitrogen and oxygen atoms in total. The van der Waals surface area contributed by atoms with E-state index in [1.165, 1.54) is 0 Å². The van der Waals surface area contributed by atoms with Gasteiger partial charge in [-0.3, -0.25) is 0 Å². The molecule has 0 spiro atoms. The van der Waals surface area contributed by atoms with Crippen molar-refractivity contribution in [3.63, 3.8) is 0 Å². The molecule has 0 radical (unpaired) electrons. The monoisotopic (exact) mass is 253 g/mol. The fourth-order valence-electron chi connectivity index (χ4n) is 1.83. The molecule has 0 amide bonds. The summed E-state index contributed by atoms with van der Waals surface area (Å²) in [6, 6.07) is 9.72. The lowest BCUT2D eigenvalue weighted by Gasteiger charge is -2.12. The minimum atomic E-state index is 0.567. The van der Waals surface area contributed by atoms with Gasteiger partial charge in [0.25, 0.3) is 0 Å². The molecular weight excluding hydrogens is 238 g/mol. The van der Waals surface area contributed by atoms with E-state index in [1.54, 1.807) is 13.3 Å². The zero-order chi connectivity index (χ0) is 13.8. The molecule has 0 aliphatic rings. The van der Waals surface area contributed by atoms with E-state index in [-0.39, 0.29) is 0 Å². The maximum Gasteiger partial charge on any atom is 0.148 e. The Morgan fingerprint density at radius 1 is 1.21 bits per heavy atom. The quantitative estimate of drug-likeness (QED) is 0.911. The molecular formula is C15H15N3O. The molecule has 1 heterocycles. The molecule has 1 aromatic carbocycles. The third kappa shape index (κ3) is 2.66. The fourth-order valence-corrected chi connectivity index (χ4v) is 1.83. The second kappa shape index (κ2) is 5.40. The van der Waals surface area contributed by atoms with Crippen LogP contribution in [0.3, 0.4) is 0 Å². The van der Waals surface area contributed by atoms with E-state index in [4.69, 9.17) is 4.74 Å². The van der Waals surface area contributed by atoms with Gasteiger partial charge in [0.05, 0.1) is 12.7 Å². The molecule has 2 aromatic rings. The molecule has 0 saturated heterocycles. The van der Waals surface area contributed by atoms with Crippen LogP contribution in [0.2, 0.25) is 0 Å². The molecule has 0 aliphatic carbocycles. The molecule has 4 heteroatoms. The lowest BCUT2D eigenvalue weighted by Crippen LogP contribution is -2.00. The summed E-state index contributed by atoms with van der Waals surface area (Å²) in [7, 11) is 1.64. The standard InChI is InChI=1S/C15H15N3O/c1-10-6-7-17-15(13(10)9-16)18-14-5-4-12(19-3)8-11(14)2/h4-8H,1-3H3,(H,17,18). The number of hydrogen-bond donors (Lipinski definition) is 1. The van der Waals surface area contributed by atoms with Gasteiger partial charge in [-0.15, -0.1) is 0 Å². The number of nitrogens with zero attached hydrogens (tertiary/aromatic N) is 2. The lowest BCUT2D eigenvalue weighted by molar-refractivity contribution is 0.414. The summed E-state index contributed by atoms with van der Waals surface area (Å²) in [6.07, 6.45) is 1.69. The summed E-state index contributed by atoms with van der Waals surface area (Å²) in [5.41, 5.74) is 3.42. The number of pyridine rings is 1. The smallest absolute Gasteiger partial charge is 0.148 e. The number of rotatable bonds is 3. The molecule has 1 aromatic heterocycles. The minimum Gasteiger partial charge on any atom is -0.497 e. The van der Waals surface area contributed by atoms with Gasteiger partial charge >= 0.3 is 0 Å². The molecule has 0 saturated carbocycles. The summed E-state index contributed by atoms with van der Waals surface area (Å²) in [5.74, 6) is 1.39. The Hall–Kier alpha value is -2.54. The van der Waals surface area contributed by atoms with Crippen LogP contribution >= 0.6 is 0 Å². The topological polar surface area (TPSA) is 57.9 Å². The van der Waals surface area contributed by atoms with Crippen molar-refractivity contribution in [3.8, 4) is 11.8 Å². The number of hydrogen-bond acceptors (Lipinski definition) is 4. The minimum absolute atomic E-state index is 0.567. The first-order chi connectivity index (χ1) is 9.15. The number of ether oxygens (including phenoxy) is 1. The van der Waals surface area contributed by atoms with Crippen LogP contribution in [0.4, 0.5) is 11.5 Å². The molecule has 0 fully saturated rings. The summed E-state index contributed by atoms with van der Waals surface area (Å²) >= 11 is 0. The normalized spacial score (nSPS) is 9.79. The second-order valence-electron chi connectivity index (χ2n) is 4.27. The molecule has 0 aliphatic heterocycles. The van der Waals surface area contributed by atoms with E-state index >= 15 is 0 Å². The van der Waals surface area contributed by atoms with E-state index in [1.807, 2.05) is 38.1 Å². The molecule has 0 unspecified atom stereocenters. The van der Waals surface area contributed by atoms with Gasteiger partial charge in [0, 0.05) is 11.9 Å². The Labute approximate surface area is 112 Å². The van der Waals surface area contributed by atoms with E-state index in [2.05, 4.69) is 16.4 Å². The van der Waals surface area contributed by atoms with Gasteiger partial charge in [-0.2, -0.15) is 5.26 Å². The summed E-state index contributed by atoms with van der Waals surface area (Å²) in [6.45, 7) is 3.87. The van der Waals surface area contributed by atoms with Crippen molar-refractivity contribution in [1.82, 2.24) is 4.98 Å². The molecule has 1 N–H and O–H groups in total. The maximum absolute atomic E-state index is 9.18. The number of nitrogens with one attached hydrogen (secondary N) is 1. The van der Waals surface area contributed by atoms with Gasteiger partial charge in [0.15, 0.2) is 0 Å². The average molecular weight is 253 g/mol. The van der Waals surface area contributed by atoms with Gasteiger partial charge in [-0.05, 0) is 49.2 Å². The van der Waals surface area contributed by atoms with Crippen LogP contribution in [0, 0.1) is 25.2 Å². The highest BCUT2D eigenvalue weighted by Crippen LogP contribution is 2.25. The van der Waals surface area contributed by atoms with Crippen LogP contribution in [0.1, 0.15) is 16.7 Å². The number of aromatic nitrogens is 1. The zero-order valence-corrected chi connectivity index (χ0v) is 11.2. The van der Waals surface area contributed by atoms with Crippen molar-refractivity contribution in [1.29, 1.82) is 5.26 Å². The van der Waals surface area contributed by atoms with Gasteiger partial charge in [0.1, 0.15) is 17.6 Å². The van der Waals surface area contributed by atoms with Crippen LogP contribution in [-0.4, -0.2) is 12.1 Å². The van der Waals surface area contributed by atoms with Gasteiger partial charge in [-0.25, -0.2) is 4.98 Å². The zero-order valence-electron chi connectivity index (χ0n) is 11.2. The lowest BCUT2D eigenvalue weighted by atomic mass is 10.1. The van der Waals surface area contributed by atoms with Crippen molar-refractivity contribution >= 4 is 11.5 Å². The first-order valence-corrected chi connectivity index (χ1v) is 5.93. The molecule has 2 rings (SSSR count). The number of methoxy groups -OCH3 is 1. The van der Waals surface area contributed by atoms with Crippen molar-refractivity contribution in [2.75, 3.05) is 12.4 Å². The van der Waals surface area contributed by atoms with E-state index in [0.29, 0.717) is 11.4 Å². The Bertz CT molecular complexity index is 644. The second-order valence-corrected chi connectivity index (χ2v) is 4.27. The maximum atomic E-state index is 9.18. The van der Waals surface area contributed by atoms with Crippen molar-refractivity contribution in [2.45, 2.75) is 13.8 Å². The highest BCUT2D eigenvalue weighted by atomic mass is 16.5. The Balaban J connectivity index is 2.37. The molecule has 0 atom stereocenters. The molecule has 96 valence electrons. The predicted molar refractivity (Wildman–Crippen MR) is 74.7 cm³/mol. The van der Waals surface area contributed by atoms with Crippen molar-refractivity contribution < 1.29 is 4.74 Å². The van der Waals surface area contributed by atoms with Crippen LogP contribution in [0.25, 0.3) is 0 Å². The third-order valence-electron chi connectivity index (χ3n) is 2.96. The first kappa shape index (κ1) is 12.9. The Kier molecular flexibility index (Phi) is 3.67. The van der Waals surface area contributed by atoms with Gasteiger partial charge in [0.2, 0.25) is 0 Å². The Morgan fingerprint density at radius 2 is 2.00 bits per heavy atom. The van der Waals surface area contributed by atoms with Crippen LogP contribution in [0.5, 0.6) is 5.75 Å². The average Bonchev–Trinajstić information content (AvgIpc) is 2.41. The third-order valence-corrected chi connectivity index (χ3v) is 2.96.